The molecule has 0 N–H and O–H groups in total. The fourth-order valence-corrected chi connectivity index (χ4v) is 1.35. The van der Waals surface area contributed by atoms with Gasteiger partial charge in [-0.25, -0.2) is 0 Å². The minimum atomic E-state index is 0.369. The summed E-state index contributed by atoms with van der Waals surface area (Å²) in [6.07, 6.45) is 1.12. The van der Waals surface area contributed by atoms with Crippen LogP contribution >= 0.6 is 0 Å². The standard InChI is InChI=1S/C12H17/c1-10-6-5-7-11(8-10)9-12(2,3)4/h5-8H,1,9H2,2-4H3. The first-order valence-corrected chi connectivity index (χ1v) is 4.38. The van der Waals surface area contributed by atoms with Crippen molar-refractivity contribution in [2.24, 2.45) is 5.41 Å². The molecule has 65 valence electrons. The van der Waals surface area contributed by atoms with E-state index < -0.39 is 0 Å². The lowest BCUT2D eigenvalue weighted by Crippen LogP contribution is -2.08. The Morgan fingerprint density at radius 2 is 1.92 bits per heavy atom. The summed E-state index contributed by atoms with van der Waals surface area (Å²) in [6.45, 7) is 10.7. The van der Waals surface area contributed by atoms with Crippen LogP contribution in [0.3, 0.4) is 0 Å². The van der Waals surface area contributed by atoms with Crippen molar-refractivity contribution in [2.75, 3.05) is 0 Å². The second kappa shape index (κ2) is 3.30. The summed E-state index contributed by atoms with van der Waals surface area (Å²) in [5.41, 5.74) is 2.86. The maximum Gasteiger partial charge on any atom is -0.0230 e. The normalized spacial score (nSPS) is 11.7. The van der Waals surface area contributed by atoms with Gasteiger partial charge in [0.25, 0.3) is 0 Å². The van der Waals surface area contributed by atoms with Crippen molar-refractivity contribution in [1.82, 2.24) is 0 Å². The molecule has 1 radical (unpaired) electrons. The molecular weight excluding hydrogens is 144 g/mol. The van der Waals surface area contributed by atoms with E-state index >= 15 is 0 Å². The van der Waals surface area contributed by atoms with Crippen LogP contribution in [0.25, 0.3) is 0 Å². The van der Waals surface area contributed by atoms with Crippen molar-refractivity contribution >= 4 is 0 Å². The van der Waals surface area contributed by atoms with Crippen molar-refractivity contribution in [3.8, 4) is 0 Å². The topological polar surface area (TPSA) is 0 Å². The molecule has 0 nitrogen and oxygen atoms in total. The average molecular weight is 161 g/mol. The molecule has 0 heterocycles. The molecule has 0 amide bonds. The molecule has 1 aromatic carbocycles. The van der Waals surface area contributed by atoms with Crippen molar-refractivity contribution in [1.29, 1.82) is 0 Å². The number of rotatable bonds is 1. The third kappa shape index (κ3) is 3.08. The molecular formula is C12H17. The van der Waals surface area contributed by atoms with Crippen LogP contribution in [0.2, 0.25) is 0 Å². The zero-order valence-corrected chi connectivity index (χ0v) is 8.22. The Morgan fingerprint density at radius 3 is 2.42 bits per heavy atom. The van der Waals surface area contributed by atoms with Crippen molar-refractivity contribution in [3.63, 3.8) is 0 Å². The van der Waals surface area contributed by atoms with Gasteiger partial charge in [-0.15, -0.1) is 0 Å². The van der Waals surface area contributed by atoms with Crippen LogP contribution < -0.4 is 0 Å². The van der Waals surface area contributed by atoms with E-state index in [1.807, 2.05) is 6.07 Å². The zero-order chi connectivity index (χ0) is 9.19. The summed E-state index contributed by atoms with van der Waals surface area (Å²) in [4.78, 5) is 0. The predicted octanol–water partition coefficient (Wildman–Crippen LogP) is 3.46. The van der Waals surface area contributed by atoms with E-state index in [0.717, 1.165) is 12.0 Å². The number of hydrogen-bond acceptors (Lipinski definition) is 0. The molecule has 1 rings (SSSR count). The van der Waals surface area contributed by atoms with Gasteiger partial charge in [0.2, 0.25) is 0 Å². The lowest BCUT2D eigenvalue weighted by molar-refractivity contribution is 0.411. The van der Waals surface area contributed by atoms with Gasteiger partial charge in [-0.05, 0) is 29.9 Å². The molecule has 0 saturated heterocycles. The van der Waals surface area contributed by atoms with E-state index in [1.54, 1.807) is 0 Å². The van der Waals surface area contributed by atoms with Gasteiger partial charge in [0, 0.05) is 0 Å². The highest BCUT2D eigenvalue weighted by molar-refractivity contribution is 5.25. The highest BCUT2D eigenvalue weighted by Gasteiger charge is 2.10. The summed E-state index contributed by atoms with van der Waals surface area (Å²) in [5, 5.41) is 0. The lowest BCUT2D eigenvalue weighted by atomic mass is 9.88. The average Bonchev–Trinajstić information content (AvgIpc) is 1.82. The Kier molecular flexibility index (Phi) is 2.56. The van der Waals surface area contributed by atoms with Gasteiger partial charge < -0.3 is 0 Å². The van der Waals surface area contributed by atoms with Crippen LogP contribution in [-0.4, -0.2) is 0 Å². The SMILES string of the molecule is [CH2]c1cccc(CC(C)(C)C)c1. The summed E-state index contributed by atoms with van der Waals surface area (Å²) in [7, 11) is 0. The van der Waals surface area contributed by atoms with Crippen molar-refractivity contribution < 1.29 is 0 Å². The summed E-state index contributed by atoms with van der Waals surface area (Å²) in [5.74, 6) is 0. The van der Waals surface area contributed by atoms with Gasteiger partial charge in [-0.2, -0.15) is 0 Å². The second-order valence-electron chi connectivity index (χ2n) is 4.56. The fourth-order valence-electron chi connectivity index (χ4n) is 1.35. The highest BCUT2D eigenvalue weighted by atomic mass is 14.2. The van der Waals surface area contributed by atoms with Crippen molar-refractivity contribution in [2.45, 2.75) is 27.2 Å². The van der Waals surface area contributed by atoms with E-state index in [2.05, 4.69) is 45.9 Å². The van der Waals surface area contributed by atoms with Crippen LogP contribution in [0, 0.1) is 12.3 Å². The molecule has 0 aromatic heterocycles. The molecule has 0 bridgehead atoms. The number of benzene rings is 1. The lowest BCUT2D eigenvalue weighted by Gasteiger charge is -2.18. The van der Waals surface area contributed by atoms with Gasteiger partial charge in [-0.1, -0.05) is 45.0 Å². The van der Waals surface area contributed by atoms with Gasteiger partial charge >= 0.3 is 0 Å². The minimum absolute atomic E-state index is 0.369. The largest absolute Gasteiger partial charge is 0.0617 e. The maximum atomic E-state index is 3.91. The Bertz CT molecular complexity index is 253. The monoisotopic (exact) mass is 161 g/mol. The molecule has 0 aliphatic heterocycles. The molecule has 0 aliphatic rings. The molecule has 0 saturated carbocycles. The molecule has 12 heavy (non-hydrogen) atoms. The molecule has 0 heteroatoms. The van der Waals surface area contributed by atoms with Gasteiger partial charge in [0.05, 0.1) is 0 Å². The Hall–Kier alpha value is -0.780. The van der Waals surface area contributed by atoms with Gasteiger partial charge in [0.15, 0.2) is 0 Å². The second-order valence-corrected chi connectivity index (χ2v) is 4.56. The molecule has 0 atom stereocenters. The van der Waals surface area contributed by atoms with Crippen molar-refractivity contribution in [3.05, 3.63) is 42.3 Å². The van der Waals surface area contributed by atoms with Crippen LogP contribution in [0.4, 0.5) is 0 Å². The Labute approximate surface area is 75.6 Å². The van der Waals surface area contributed by atoms with Crippen LogP contribution in [0.1, 0.15) is 31.9 Å². The minimum Gasteiger partial charge on any atom is -0.0617 e. The first-order valence-electron chi connectivity index (χ1n) is 4.38. The van der Waals surface area contributed by atoms with Crippen LogP contribution in [0.15, 0.2) is 24.3 Å². The molecule has 1 aromatic rings. The van der Waals surface area contributed by atoms with E-state index in [4.69, 9.17) is 0 Å². The quantitative estimate of drug-likeness (QED) is 0.591. The molecule has 0 fully saturated rings. The predicted molar refractivity (Wildman–Crippen MR) is 54.1 cm³/mol. The van der Waals surface area contributed by atoms with E-state index in [9.17, 15) is 0 Å². The summed E-state index contributed by atoms with van der Waals surface area (Å²) < 4.78 is 0. The third-order valence-corrected chi connectivity index (χ3v) is 1.73. The highest BCUT2D eigenvalue weighted by Crippen LogP contribution is 2.20. The van der Waals surface area contributed by atoms with Gasteiger partial charge in [0.1, 0.15) is 0 Å². The first-order chi connectivity index (χ1) is 5.47. The molecule has 0 aliphatic carbocycles. The summed E-state index contributed by atoms with van der Waals surface area (Å²) >= 11 is 0. The van der Waals surface area contributed by atoms with Crippen LogP contribution in [-0.2, 0) is 6.42 Å². The Morgan fingerprint density at radius 1 is 1.25 bits per heavy atom. The van der Waals surface area contributed by atoms with E-state index in [-0.39, 0.29) is 0 Å². The summed E-state index contributed by atoms with van der Waals surface area (Å²) in [6, 6.07) is 8.43. The molecule has 0 spiro atoms. The van der Waals surface area contributed by atoms with Crippen LogP contribution in [0.5, 0.6) is 0 Å². The Balaban J connectivity index is 2.77. The van der Waals surface area contributed by atoms with Gasteiger partial charge in [-0.3, -0.25) is 0 Å². The fraction of sp³-hybridized carbons (Fsp3) is 0.417. The number of hydrogen-bond donors (Lipinski definition) is 0. The first kappa shape index (κ1) is 9.31. The van der Waals surface area contributed by atoms with E-state index in [1.165, 1.54) is 5.56 Å². The molecule has 0 unspecified atom stereocenters. The third-order valence-electron chi connectivity index (χ3n) is 1.73. The smallest absolute Gasteiger partial charge is 0.0230 e. The zero-order valence-electron chi connectivity index (χ0n) is 8.22. The van der Waals surface area contributed by atoms with E-state index in [0.29, 0.717) is 5.41 Å². The maximum absolute atomic E-state index is 3.91.